The number of carbonyl (C=O) groups excluding carboxylic acids is 2. The molecule has 6 N–H and O–H groups in total. The third-order valence-corrected chi connectivity index (χ3v) is 8.55. The Labute approximate surface area is 262 Å². The maximum absolute atomic E-state index is 13.5. The highest BCUT2D eigenvalue weighted by Gasteiger charge is 2.38. The van der Waals surface area contributed by atoms with E-state index < -0.39 is 46.4 Å². The summed E-state index contributed by atoms with van der Waals surface area (Å²) in [5, 5.41) is 20.0. The first-order valence-electron chi connectivity index (χ1n) is 13.7. The Morgan fingerprint density at radius 1 is 1.00 bits per heavy atom. The second-order valence-corrected chi connectivity index (χ2v) is 11.9. The normalized spacial score (nSPS) is 14.3. The molecule has 0 bridgehead atoms. The molecule has 1 atom stereocenters. The van der Waals surface area contributed by atoms with Gasteiger partial charge in [-0.1, -0.05) is 36.4 Å². The molecule has 46 heavy (non-hydrogen) atoms. The van der Waals surface area contributed by atoms with E-state index in [9.17, 15) is 31.2 Å². The summed E-state index contributed by atoms with van der Waals surface area (Å²) in [5.74, 6) is -3.81. The van der Waals surface area contributed by atoms with Crippen LogP contribution in [0.2, 0.25) is 0 Å². The van der Waals surface area contributed by atoms with Gasteiger partial charge in [0, 0.05) is 29.9 Å². The number of nitrogen functional groups attached to an aromatic ring is 1. The monoisotopic (exact) mass is 663 g/mol. The number of morpholine rings is 1. The first-order valence-corrected chi connectivity index (χ1v) is 15.1. The topological polar surface area (TPSA) is 192 Å². The maximum atomic E-state index is 13.5. The fraction of sp³-hybridized carbons (Fsp3) is 0.267. The predicted molar refractivity (Wildman–Crippen MR) is 162 cm³/mol. The molecule has 3 aromatic rings. The van der Waals surface area contributed by atoms with Crippen LogP contribution in [0, 0.1) is 5.41 Å². The number of hydrogen-bond acceptors (Lipinski definition) is 7. The summed E-state index contributed by atoms with van der Waals surface area (Å²) in [4.78, 5) is 34.1. The van der Waals surface area contributed by atoms with Gasteiger partial charge in [-0.05, 0) is 54.4 Å². The lowest BCUT2D eigenvalue weighted by molar-refractivity contribution is -0.192. The Hall–Kier alpha value is -4.80. The fourth-order valence-corrected chi connectivity index (χ4v) is 5.87. The van der Waals surface area contributed by atoms with Gasteiger partial charge in [-0.3, -0.25) is 15.0 Å². The lowest BCUT2D eigenvalue weighted by Crippen LogP contribution is -2.40. The Balaban J connectivity index is 0.000000738. The average molecular weight is 664 g/mol. The first-order chi connectivity index (χ1) is 21.6. The molecule has 12 nitrogen and oxygen atoms in total. The molecule has 0 aliphatic carbocycles. The molecular formula is C30H32F3N5O7S. The van der Waals surface area contributed by atoms with Crippen LogP contribution in [0.1, 0.15) is 30.5 Å². The van der Waals surface area contributed by atoms with E-state index in [-0.39, 0.29) is 23.8 Å². The van der Waals surface area contributed by atoms with Crippen molar-refractivity contribution in [2.75, 3.05) is 31.6 Å². The maximum Gasteiger partial charge on any atom is 0.490 e. The van der Waals surface area contributed by atoms with Gasteiger partial charge in [0.05, 0.1) is 24.2 Å². The van der Waals surface area contributed by atoms with Crippen molar-refractivity contribution in [3.05, 3.63) is 83.9 Å². The van der Waals surface area contributed by atoms with Crippen molar-refractivity contribution >= 4 is 39.3 Å². The number of carbonyl (C=O) groups is 3. The average Bonchev–Trinajstić information content (AvgIpc) is 3.01. The molecule has 1 unspecified atom stereocenters. The number of amidine groups is 1. The zero-order valence-corrected chi connectivity index (χ0v) is 25.3. The van der Waals surface area contributed by atoms with Gasteiger partial charge >= 0.3 is 12.1 Å². The van der Waals surface area contributed by atoms with E-state index in [0.717, 1.165) is 5.56 Å². The number of carboxylic acid groups (broad SMARTS) is 1. The molecule has 0 radical (unpaired) electrons. The van der Waals surface area contributed by atoms with Gasteiger partial charge in [-0.15, -0.1) is 0 Å². The highest BCUT2D eigenvalue weighted by atomic mass is 32.2. The minimum absolute atomic E-state index is 0.0802. The molecule has 246 valence electrons. The SMILES string of the molecule is CC(NC(=O)CC(=O)Nc1ccc(C(=N)N)cc1)c1ccc(S(=O)(=O)N2CCOCC2)c(-c2ccccc2)c1.O=C(O)C(F)(F)F. The summed E-state index contributed by atoms with van der Waals surface area (Å²) in [6, 6.07) is 20.2. The minimum atomic E-state index is -5.08. The quantitative estimate of drug-likeness (QED) is 0.130. The number of hydrogen-bond donors (Lipinski definition) is 5. The van der Waals surface area contributed by atoms with E-state index in [2.05, 4.69) is 10.6 Å². The molecule has 1 aliphatic heterocycles. The number of carboxylic acids is 1. The summed E-state index contributed by atoms with van der Waals surface area (Å²) < 4.78 is 65.5. The summed E-state index contributed by atoms with van der Waals surface area (Å²) in [6.07, 6.45) is -5.48. The molecule has 4 rings (SSSR count). The van der Waals surface area contributed by atoms with Gasteiger partial charge in [0.2, 0.25) is 21.8 Å². The van der Waals surface area contributed by atoms with E-state index in [1.54, 1.807) is 49.4 Å². The third kappa shape index (κ3) is 9.85. The van der Waals surface area contributed by atoms with Crippen LogP contribution < -0.4 is 16.4 Å². The highest BCUT2D eigenvalue weighted by molar-refractivity contribution is 7.89. The van der Waals surface area contributed by atoms with Gasteiger partial charge in [-0.25, -0.2) is 13.2 Å². The lowest BCUT2D eigenvalue weighted by Gasteiger charge is -2.27. The van der Waals surface area contributed by atoms with E-state index in [1.807, 2.05) is 30.3 Å². The largest absolute Gasteiger partial charge is 0.490 e. The molecule has 1 fully saturated rings. The van der Waals surface area contributed by atoms with Gasteiger partial charge < -0.3 is 26.2 Å². The number of anilines is 1. The molecule has 0 spiro atoms. The molecule has 1 aliphatic rings. The number of nitrogens with one attached hydrogen (secondary N) is 3. The lowest BCUT2D eigenvalue weighted by atomic mass is 10.00. The Morgan fingerprint density at radius 3 is 2.13 bits per heavy atom. The van der Waals surface area contributed by atoms with Gasteiger partial charge in [0.1, 0.15) is 12.3 Å². The molecule has 3 aromatic carbocycles. The smallest absolute Gasteiger partial charge is 0.475 e. The van der Waals surface area contributed by atoms with Crippen molar-refractivity contribution in [3.63, 3.8) is 0 Å². The number of alkyl halides is 3. The number of rotatable bonds is 9. The van der Waals surface area contributed by atoms with Crippen molar-refractivity contribution in [2.24, 2.45) is 5.73 Å². The van der Waals surface area contributed by atoms with Crippen molar-refractivity contribution in [2.45, 2.75) is 30.5 Å². The molecule has 0 aromatic heterocycles. The van der Waals surface area contributed by atoms with Crippen LogP contribution >= 0.6 is 0 Å². The van der Waals surface area contributed by atoms with Crippen molar-refractivity contribution in [3.8, 4) is 11.1 Å². The van der Waals surface area contributed by atoms with E-state index in [1.165, 1.54) is 4.31 Å². The van der Waals surface area contributed by atoms with Crippen LogP contribution in [0.4, 0.5) is 18.9 Å². The van der Waals surface area contributed by atoms with E-state index >= 15 is 0 Å². The molecular weight excluding hydrogens is 631 g/mol. The van der Waals surface area contributed by atoms with Crippen LogP contribution in [0.15, 0.2) is 77.7 Å². The first kappa shape index (κ1) is 35.7. The highest BCUT2D eigenvalue weighted by Crippen LogP contribution is 2.32. The van der Waals surface area contributed by atoms with Crippen LogP contribution in [0.25, 0.3) is 11.1 Å². The predicted octanol–water partition coefficient (Wildman–Crippen LogP) is 3.50. The van der Waals surface area contributed by atoms with E-state index in [4.69, 9.17) is 25.8 Å². The summed E-state index contributed by atoms with van der Waals surface area (Å²) >= 11 is 0. The standard InChI is InChI=1S/C28H31N5O5S.C2HF3O2/c1-19(31-26(34)18-27(35)32-23-10-7-21(8-11-23)28(29)30)22-9-12-25(24(17-22)20-5-3-2-4-6-20)39(36,37)33-13-15-38-16-14-33;3-2(4,5)1(6)7/h2-12,17,19H,13-16,18H2,1H3,(H3,29,30)(H,31,34)(H,32,35);(H,6,7). The van der Waals surface area contributed by atoms with Crippen molar-refractivity contribution in [1.82, 2.24) is 9.62 Å². The molecule has 1 heterocycles. The minimum Gasteiger partial charge on any atom is -0.475 e. The Bertz CT molecular complexity index is 1660. The van der Waals surface area contributed by atoms with Gasteiger partial charge in [0.15, 0.2) is 0 Å². The Kier molecular flexibility index (Phi) is 12.0. The number of sulfonamides is 1. The van der Waals surface area contributed by atoms with Crippen molar-refractivity contribution in [1.29, 1.82) is 5.41 Å². The van der Waals surface area contributed by atoms with E-state index in [0.29, 0.717) is 35.6 Å². The number of benzene rings is 3. The molecule has 16 heteroatoms. The number of amides is 2. The zero-order valence-electron chi connectivity index (χ0n) is 24.5. The van der Waals surface area contributed by atoms with Crippen LogP contribution in [-0.4, -0.2) is 73.9 Å². The fourth-order valence-electron chi connectivity index (χ4n) is 4.27. The number of ether oxygens (including phenoxy) is 1. The second kappa shape index (κ2) is 15.5. The summed E-state index contributed by atoms with van der Waals surface area (Å²) in [5.41, 5.74) is 8.41. The number of halogens is 3. The number of nitrogens with zero attached hydrogens (tertiary/aromatic N) is 1. The summed E-state index contributed by atoms with van der Waals surface area (Å²) in [7, 11) is -3.77. The van der Waals surface area contributed by atoms with Crippen LogP contribution in [0.3, 0.4) is 0 Å². The van der Waals surface area contributed by atoms with Gasteiger partial charge in [0.25, 0.3) is 0 Å². The molecule has 0 saturated carbocycles. The Morgan fingerprint density at radius 2 is 1.59 bits per heavy atom. The molecule has 1 saturated heterocycles. The van der Waals surface area contributed by atoms with Crippen LogP contribution in [0.5, 0.6) is 0 Å². The number of aliphatic carboxylic acids is 1. The van der Waals surface area contributed by atoms with Crippen LogP contribution in [-0.2, 0) is 29.1 Å². The summed E-state index contributed by atoms with van der Waals surface area (Å²) in [6.45, 7) is 3.04. The van der Waals surface area contributed by atoms with Gasteiger partial charge in [-0.2, -0.15) is 17.5 Å². The zero-order chi connectivity index (χ0) is 34.1. The molecule has 2 amide bonds. The second-order valence-electron chi connectivity index (χ2n) is 9.95. The number of nitrogens with two attached hydrogens (primary N) is 1. The van der Waals surface area contributed by atoms with Crippen molar-refractivity contribution < 1.29 is 45.8 Å². The third-order valence-electron chi connectivity index (χ3n) is 6.60.